The first-order chi connectivity index (χ1) is 29.7. The minimum Gasteiger partial charge on any atom is -0.0616 e. The van der Waals surface area contributed by atoms with Crippen LogP contribution < -0.4 is 0 Å². The topological polar surface area (TPSA) is 0 Å². The zero-order chi connectivity index (χ0) is 39.6. The van der Waals surface area contributed by atoms with E-state index in [1.54, 1.807) is 0 Å². The first kappa shape index (κ1) is 34.3. The van der Waals surface area contributed by atoms with E-state index in [4.69, 9.17) is 0 Å². The summed E-state index contributed by atoms with van der Waals surface area (Å²) in [4.78, 5) is 0. The highest BCUT2D eigenvalue weighted by Gasteiger charge is 2.19. The summed E-state index contributed by atoms with van der Waals surface area (Å²) in [7, 11) is 0. The van der Waals surface area contributed by atoms with Gasteiger partial charge in [-0.05, 0) is 145 Å². The van der Waals surface area contributed by atoms with Crippen LogP contribution in [0.25, 0.3) is 120 Å². The van der Waals surface area contributed by atoms with E-state index in [0.29, 0.717) is 0 Å². The molecular weight excluding hydrogens is 721 g/mol. The molecule has 0 heteroatoms. The lowest BCUT2D eigenvalue weighted by Crippen LogP contribution is -1.92. The van der Waals surface area contributed by atoms with Crippen molar-refractivity contribution in [2.75, 3.05) is 0 Å². The van der Waals surface area contributed by atoms with Gasteiger partial charge < -0.3 is 0 Å². The van der Waals surface area contributed by atoms with Crippen molar-refractivity contribution in [1.82, 2.24) is 0 Å². The van der Waals surface area contributed by atoms with Crippen molar-refractivity contribution in [2.45, 2.75) is 0 Å². The second-order valence-electron chi connectivity index (χ2n) is 16.0. The minimum atomic E-state index is 1.21. The minimum absolute atomic E-state index is 1.21. The first-order valence-electron chi connectivity index (χ1n) is 20.8. The Kier molecular flexibility index (Phi) is 7.96. The molecule has 0 aliphatic rings. The Labute approximate surface area is 349 Å². The van der Waals surface area contributed by atoms with Crippen LogP contribution in [0.5, 0.6) is 0 Å². The van der Waals surface area contributed by atoms with Gasteiger partial charge in [-0.3, -0.25) is 0 Å². The molecule has 0 spiro atoms. The van der Waals surface area contributed by atoms with Crippen molar-refractivity contribution in [3.05, 3.63) is 231 Å². The van der Waals surface area contributed by atoms with Crippen LogP contribution in [0.15, 0.2) is 231 Å². The van der Waals surface area contributed by atoms with Crippen LogP contribution in [0.4, 0.5) is 0 Å². The van der Waals surface area contributed by atoms with Crippen LogP contribution in [0.2, 0.25) is 0 Å². The van der Waals surface area contributed by atoms with Crippen molar-refractivity contribution in [1.29, 1.82) is 0 Å². The highest BCUT2D eigenvalue weighted by Crippen LogP contribution is 2.46. The van der Waals surface area contributed by atoms with Gasteiger partial charge in [0, 0.05) is 0 Å². The van der Waals surface area contributed by atoms with Gasteiger partial charge in [-0.1, -0.05) is 206 Å². The summed E-state index contributed by atoms with van der Waals surface area (Å²) in [5, 5.41) is 15.1. The van der Waals surface area contributed by atoms with Crippen molar-refractivity contribution in [3.8, 4) is 55.6 Å². The smallest absolute Gasteiger partial charge is 0.00261 e. The maximum absolute atomic E-state index is 2.46. The molecule has 12 aromatic rings. The van der Waals surface area contributed by atoms with E-state index in [9.17, 15) is 0 Å². The lowest BCUT2D eigenvalue weighted by molar-refractivity contribution is 1.62. The molecule has 278 valence electrons. The molecule has 0 aliphatic carbocycles. The molecule has 0 bridgehead atoms. The molecule has 0 unspecified atom stereocenters. The average molecular weight is 759 g/mol. The third-order valence-corrected chi connectivity index (χ3v) is 12.6. The van der Waals surface area contributed by atoms with Gasteiger partial charge in [0.05, 0.1) is 0 Å². The van der Waals surface area contributed by atoms with Gasteiger partial charge in [-0.25, -0.2) is 0 Å². The second kappa shape index (κ2) is 13.9. The molecule has 12 aromatic carbocycles. The number of benzene rings is 12. The molecule has 0 aliphatic heterocycles. The Hall–Kier alpha value is -7.80. The highest BCUT2D eigenvalue weighted by molar-refractivity contribution is 6.23. The lowest BCUT2D eigenvalue weighted by atomic mass is 9.83. The fourth-order valence-electron chi connectivity index (χ4n) is 9.66. The molecule has 0 aromatic heterocycles. The van der Waals surface area contributed by atoms with Crippen LogP contribution in [0.3, 0.4) is 0 Å². The summed E-state index contributed by atoms with van der Waals surface area (Å²) in [6.45, 7) is 0. The van der Waals surface area contributed by atoms with Crippen LogP contribution in [-0.4, -0.2) is 0 Å². The van der Waals surface area contributed by atoms with Crippen molar-refractivity contribution >= 4 is 64.6 Å². The molecule has 0 amide bonds. The van der Waals surface area contributed by atoms with Gasteiger partial charge in [-0.2, -0.15) is 0 Å². The van der Waals surface area contributed by atoms with Crippen LogP contribution in [0, 0.1) is 0 Å². The average Bonchev–Trinajstić information content (AvgIpc) is 3.32. The number of rotatable bonds is 5. The van der Waals surface area contributed by atoms with Crippen LogP contribution in [0.1, 0.15) is 0 Å². The van der Waals surface area contributed by atoms with Crippen LogP contribution in [-0.2, 0) is 0 Å². The van der Waals surface area contributed by atoms with Gasteiger partial charge in [-0.15, -0.1) is 0 Å². The third kappa shape index (κ3) is 5.69. The molecule has 0 N–H and O–H groups in total. The molecule has 0 heterocycles. The molecule has 0 atom stereocenters. The van der Waals surface area contributed by atoms with E-state index in [1.165, 1.54) is 120 Å². The van der Waals surface area contributed by atoms with E-state index >= 15 is 0 Å². The molecule has 0 radical (unpaired) electrons. The van der Waals surface area contributed by atoms with Crippen LogP contribution >= 0.6 is 0 Å². The largest absolute Gasteiger partial charge is 0.0616 e. The molecule has 0 nitrogen and oxygen atoms in total. The third-order valence-electron chi connectivity index (χ3n) is 12.6. The summed E-state index contributed by atoms with van der Waals surface area (Å²) in [5.41, 5.74) is 12.3. The Morgan fingerprint density at radius 3 is 1.12 bits per heavy atom. The molecule has 12 rings (SSSR count). The second-order valence-corrected chi connectivity index (χ2v) is 16.0. The Morgan fingerprint density at radius 1 is 0.167 bits per heavy atom. The maximum atomic E-state index is 2.46. The fraction of sp³-hybridized carbons (Fsp3) is 0. The monoisotopic (exact) mass is 758 g/mol. The predicted octanol–water partition coefficient (Wildman–Crippen LogP) is 16.9. The van der Waals surface area contributed by atoms with Gasteiger partial charge in [0.2, 0.25) is 0 Å². The normalized spacial score (nSPS) is 11.7. The fourth-order valence-corrected chi connectivity index (χ4v) is 9.66. The maximum Gasteiger partial charge on any atom is -0.00261 e. The number of hydrogen-bond acceptors (Lipinski definition) is 0. The zero-order valence-corrected chi connectivity index (χ0v) is 32.9. The van der Waals surface area contributed by atoms with E-state index in [-0.39, 0.29) is 0 Å². The molecule has 0 saturated carbocycles. The summed E-state index contributed by atoms with van der Waals surface area (Å²) < 4.78 is 0. The molecular formula is C60H38. The Bertz CT molecular complexity index is 3630. The van der Waals surface area contributed by atoms with Gasteiger partial charge in [0.1, 0.15) is 0 Å². The van der Waals surface area contributed by atoms with Crippen molar-refractivity contribution < 1.29 is 0 Å². The van der Waals surface area contributed by atoms with Gasteiger partial charge in [0.25, 0.3) is 0 Å². The molecule has 60 heavy (non-hydrogen) atoms. The molecule has 0 fully saturated rings. The standard InChI is InChI=1S/C60H38/c1-3-13-45-35-47(31-25-39(45)11-1)41-21-27-43(28-22-41)59-54-19-9-10-20-55(54)60(44-29-23-42(24-30-44)48-32-26-40-12-2-4-14-46(40)36-48)58-38-50(33-34-56(58)59)57-37-49-15-5-6-16-51(49)52-17-7-8-18-53(52)57/h1-38H. The van der Waals surface area contributed by atoms with E-state index in [0.717, 1.165) is 0 Å². The van der Waals surface area contributed by atoms with Gasteiger partial charge >= 0.3 is 0 Å². The zero-order valence-electron chi connectivity index (χ0n) is 32.9. The van der Waals surface area contributed by atoms with Gasteiger partial charge in [0.15, 0.2) is 0 Å². The number of hydrogen-bond donors (Lipinski definition) is 0. The van der Waals surface area contributed by atoms with E-state index in [1.807, 2.05) is 0 Å². The van der Waals surface area contributed by atoms with E-state index < -0.39 is 0 Å². The predicted molar refractivity (Wildman–Crippen MR) is 259 cm³/mol. The summed E-state index contributed by atoms with van der Waals surface area (Å²) >= 11 is 0. The summed E-state index contributed by atoms with van der Waals surface area (Å²) in [6, 6.07) is 85.3. The summed E-state index contributed by atoms with van der Waals surface area (Å²) in [5.74, 6) is 0. The van der Waals surface area contributed by atoms with Crippen molar-refractivity contribution in [2.24, 2.45) is 0 Å². The SMILES string of the molecule is c1ccc2cc(-c3ccc(-c4c5ccccc5c(-c5ccc(-c6ccc7ccccc7c6)cc5)c5cc(-c6cc7ccccc7c7ccccc67)ccc45)cc3)ccc2c1. The first-order valence-corrected chi connectivity index (χ1v) is 20.8. The lowest BCUT2D eigenvalue weighted by Gasteiger charge is -2.20. The highest BCUT2D eigenvalue weighted by atomic mass is 14.2. The molecule has 0 saturated heterocycles. The van der Waals surface area contributed by atoms with E-state index in [2.05, 4.69) is 231 Å². The number of fused-ring (bicyclic) bond motifs is 7. The Morgan fingerprint density at radius 2 is 0.550 bits per heavy atom. The van der Waals surface area contributed by atoms with Crippen molar-refractivity contribution in [3.63, 3.8) is 0 Å². The Balaban J connectivity index is 1.08. The summed E-state index contributed by atoms with van der Waals surface area (Å²) in [6.07, 6.45) is 0. The quantitative estimate of drug-likeness (QED) is 0.121.